The van der Waals surface area contributed by atoms with Crippen LogP contribution in [0.15, 0.2) is 0 Å². The summed E-state index contributed by atoms with van der Waals surface area (Å²) in [5.74, 6) is 0.565. The third-order valence-corrected chi connectivity index (χ3v) is 3.44. The topological polar surface area (TPSA) is 34.1 Å². The molecule has 0 amide bonds. The van der Waals surface area contributed by atoms with Crippen molar-refractivity contribution >= 4 is 11.3 Å². The van der Waals surface area contributed by atoms with Crippen molar-refractivity contribution in [2.75, 3.05) is 19.7 Å². The molecular formula is C11H18N2OS. The number of ether oxygens (including phenoxy) is 1. The average Bonchev–Trinajstić information content (AvgIpc) is 2.46. The van der Waals surface area contributed by atoms with Gasteiger partial charge in [-0.05, 0) is 12.3 Å². The Morgan fingerprint density at radius 2 is 2.20 bits per heavy atom. The van der Waals surface area contributed by atoms with Crippen LogP contribution in [0, 0.1) is 5.92 Å². The largest absolute Gasteiger partial charge is 0.470 e. The molecule has 0 atom stereocenters. The fraction of sp³-hybridized carbons (Fsp3) is 0.727. The van der Waals surface area contributed by atoms with Crippen molar-refractivity contribution in [3.05, 3.63) is 10.6 Å². The summed E-state index contributed by atoms with van der Waals surface area (Å²) in [4.78, 5) is 5.94. The van der Waals surface area contributed by atoms with Crippen LogP contribution in [-0.4, -0.2) is 24.7 Å². The van der Waals surface area contributed by atoms with Crippen molar-refractivity contribution in [1.29, 1.82) is 0 Å². The van der Waals surface area contributed by atoms with Gasteiger partial charge in [0, 0.05) is 24.4 Å². The second-order valence-corrected chi connectivity index (χ2v) is 5.35. The quantitative estimate of drug-likeness (QED) is 0.854. The van der Waals surface area contributed by atoms with Crippen LogP contribution in [0.4, 0.5) is 0 Å². The molecule has 0 unspecified atom stereocenters. The zero-order valence-corrected chi connectivity index (χ0v) is 10.2. The van der Waals surface area contributed by atoms with Crippen LogP contribution < -0.4 is 10.1 Å². The molecule has 1 aromatic rings. The lowest BCUT2D eigenvalue weighted by Gasteiger charge is -2.04. The van der Waals surface area contributed by atoms with E-state index < -0.39 is 0 Å². The third kappa shape index (κ3) is 2.92. The second kappa shape index (κ2) is 4.94. The van der Waals surface area contributed by atoms with Gasteiger partial charge in [0.2, 0.25) is 0 Å². The zero-order chi connectivity index (χ0) is 10.7. The summed E-state index contributed by atoms with van der Waals surface area (Å²) in [5.41, 5.74) is 1.24. The van der Waals surface area contributed by atoms with Crippen LogP contribution >= 0.6 is 11.3 Å². The Hall–Kier alpha value is -0.610. The fourth-order valence-corrected chi connectivity index (χ4v) is 2.55. The fourth-order valence-electron chi connectivity index (χ4n) is 1.58. The number of hydrogen-bond donors (Lipinski definition) is 1. The van der Waals surface area contributed by atoms with Gasteiger partial charge in [-0.3, -0.25) is 0 Å². The van der Waals surface area contributed by atoms with Gasteiger partial charge in [0.15, 0.2) is 0 Å². The predicted octanol–water partition coefficient (Wildman–Crippen LogP) is 1.87. The number of aromatic nitrogens is 1. The lowest BCUT2D eigenvalue weighted by atomic mass is 10.2. The molecule has 3 nitrogen and oxygen atoms in total. The molecule has 0 aliphatic carbocycles. The second-order valence-electron chi connectivity index (χ2n) is 4.30. The van der Waals surface area contributed by atoms with E-state index in [1.807, 2.05) is 0 Å². The molecule has 1 aliphatic heterocycles. The maximum Gasteiger partial charge on any atom is 0.273 e. The highest BCUT2D eigenvalue weighted by Gasteiger charge is 2.14. The van der Waals surface area contributed by atoms with E-state index in [1.54, 1.807) is 11.3 Å². The molecule has 0 aromatic carbocycles. The minimum Gasteiger partial charge on any atom is -0.470 e. The summed E-state index contributed by atoms with van der Waals surface area (Å²) in [6.07, 6.45) is 2.13. The molecule has 0 saturated heterocycles. The van der Waals surface area contributed by atoms with Gasteiger partial charge in [0.1, 0.15) is 0 Å². The van der Waals surface area contributed by atoms with Crippen molar-refractivity contribution in [3.8, 4) is 5.19 Å². The zero-order valence-electron chi connectivity index (χ0n) is 9.38. The SMILES string of the molecule is CC(C)COc1nc2c(s1)CCNCC2. The van der Waals surface area contributed by atoms with E-state index >= 15 is 0 Å². The molecule has 1 N–H and O–H groups in total. The lowest BCUT2D eigenvalue weighted by molar-refractivity contribution is 0.269. The summed E-state index contributed by atoms with van der Waals surface area (Å²) in [7, 11) is 0. The predicted molar refractivity (Wildman–Crippen MR) is 62.7 cm³/mol. The average molecular weight is 226 g/mol. The summed E-state index contributed by atoms with van der Waals surface area (Å²) >= 11 is 1.72. The highest BCUT2D eigenvalue weighted by atomic mass is 32.1. The van der Waals surface area contributed by atoms with Crippen molar-refractivity contribution in [2.24, 2.45) is 5.92 Å². The molecule has 2 rings (SSSR count). The van der Waals surface area contributed by atoms with E-state index in [4.69, 9.17) is 4.74 Å². The molecule has 2 heterocycles. The van der Waals surface area contributed by atoms with Crippen molar-refractivity contribution in [1.82, 2.24) is 10.3 Å². The Morgan fingerprint density at radius 1 is 1.40 bits per heavy atom. The van der Waals surface area contributed by atoms with Crippen LogP contribution in [-0.2, 0) is 12.8 Å². The molecule has 0 radical (unpaired) electrons. The number of fused-ring (bicyclic) bond motifs is 1. The summed E-state index contributed by atoms with van der Waals surface area (Å²) < 4.78 is 5.65. The van der Waals surface area contributed by atoms with Gasteiger partial charge < -0.3 is 10.1 Å². The van der Waals surface area contributed by atoms with E-state index in [2.05, 4.69) is 24.1 Å². The standard InChI is InChI=1S/C11H18N2OS/c1-8(2)7-14-11-13-9-3-5-12-6-4-10(9)15-11/h8,12H,3-7H2,1-2H3. The first-order valence-electron chi connectivity index (χ1n) is 5.58. The Kier molecular flexibility index (Phi) is 3.59. The maximum absolute atomic E-state index is 5.65. The minimum absolute atomic E-state index is 0.565. The Morgan fingerprint density at radius 3 is 3.00 bits per heavy atom. The number of rotatable bonds is 3. The molecule has 84 valence electrons. The smallest absolute Gasteiger partial charge is 0.273 e. The maximum atomic E-state index is 5.65. The molecule has 0 fully saturated rings. The van der Waals surface area contributed by atoms with Crippen LogP contribution in [0.5, 0.6) is 5.19 Å². The molecule has 15 heavy (non-hydrogen) atoms. The van der Waals surface area contributed by atoms with Crippen LogP contribution in [0.1, 0.15) is 24.4 Å². The normalized spacial score (nSPS) is 16.2. The number of thiazole rings is 1. The van der Waals surface area contributed by atoms with Crippen LogP contribution in [0.25, 0.3) is 0 Å². The molecule has 1 aromatic heterocycles. The van der Waals surface area contributed by atoms with Crippen LogP contribution in [0.3, 0.4) is 0 Å². The minimum atomic E-state index is 0.565. The molecule has 1 aliphatic rings. The van der Waals surface area contributed by atoms with E-state index in [0.717, 1.165) is 37.7 Å². The van der Waals surface area contributed by atoms with Crippen LogP contribution in [0.2, 0.25) is 0 Å². The molecule has 0 saturated carbocycles. The number of hydrogen-bond acceptors (Lipinski definition) is 4. The highest BCUT2D eigenvalue weighted by molar-refractivity contribution is 7.13. The third-order valence-electron chi connectivity index (χ3n) is 2.37. The highest BCUT2D eigenvalue weighted by Crippen LogP contribution is 2.27. The molecule has 4 heteroatoms. The molecule has 0 spiro atoms. The van der Waals surface area contributed by atoms with E-state index in [1.165, 1.54) is 10.6 Å². The molecular weight excluding hydrogens is 208 g/mol. The monoisotopic (exact) mass is 226 g/mol. The first-order chi connectivity index (χ1) is 7.25. The van der Waals surface area contributed by atoms with Crippen molar-refractivity contribution < 1.29 is 4.74 Å². The number of nitrogens with zero attached hydrogens (tertiary/aromatic N) is 1. The van der Waals surface area contributed by atoms with Gasteiger partial charge >= 0.3 is 0 Å². The van der Waals surface area contributed by atoms with Gasteiger partial charge in [-0.2, -0.15) is 0 Å². The number of nitrogens with one attached hydrogen (secondary N) is 1. The van der Waals surface area contributed by atoms with Gasteiger partial charge in [0.05, 0.1) is 12.3 Å². The van der Waals surface area contributed by atoms with Crippen molar-refractivity contribution in [3.63, 3.8) is 0 Å². The van der Waals surface area contributed by atoms with Crippen molar-refractivity contribution in [2.45, 2.75) is 26.7 Å². The Labute approximate surface area is 94.9 Å². The summed E-state index contributed by atoms with van der Waals surface area (Å²) in [6.45, 7) is 7.19. The Bertz CT molecular complexity index is 299. The van der Waals surface area contributed by atoms with Gasteiger partial charge in [-0.25, -0.2) is 4.98 Å². The first-order valence-corrected chi connectivity index (χ1v) is 6.39. The van der Waals surface area contributed by atoms with Gasteiger partial charge in [0.25, 0.3) is 5.19 Å². The van der Waals surface area contributed by atoms with Gasteiger partial charge in [-0.15, -0.1) is 0 Å². The Balaban J connectivity index is 2.02. The molecule has 0 bridgehead atoms. The van der Waals surface area contributed by atoms with E-state index in [-0.39, 0.29) is 0 Å². The summed E-state index contributed by atoms with van der Waals surface area (Å²) in [5, 5.41) is 4.23. The van der Waals surface area contributed by atoms with E-state index in [9.17, 15) is 0 Å². The van der Waals surface area contributed by atoms with Gasteiger partial charge in [-0.1, -0.05) is 25.2 Å². The first kappa shape index (κ1) is 10.9. The summed E-state index contributed by atoms with van der Waals surface area (Å²) in [6, 6.07) is 0. The lowest BCUT2D eigenvalue weighted by Crippen LogP contribution is -2.16. The van der Waals surface area contributed by atoms with E-state index in [0.29, 0.717) is 5.92 Å².